The van der Waals surface area contributed by atoms with Gasteiger partial charge >= 0.3 is 18.0 Å². The van der Waals surface area contributed by atoms with Gasteiger partial charge in [0.2, 0.25) is 17.7 Å². The van der Waals surface area contributed by atoms with Gasteiger partial charge in [0.05, 0.1) is 30.9 Å². The molecule has 2 aromatic carbocycles. The van der Waals surface area contributed by atoms with Crippen molar-refractivity contribution in [3.63, 3.8) is 0 Å². The maximum absolute atomic E-state index is 13.8. The normalized spacial score (nSPS) is 13.5. The molecular formula is C40H51N5O11S. The van der Waals surface area contributed by atoms with E-state index in [0.717, 1.165) is 23.1 Å². The molecular weight excluding hydrogens is 759 g/mol. The van der Waals surface area contributed by atoms with Gasteiger partial charge in [0, 0.05) is 29.2 Å². The lowest BCUT2D eigenvalue weighted by Crippen LogP contribution is -2.56. The van der Waals surface area contributed by atoms with Crippen LogP contribution in [0.3, 0.4) is 0 Å². The van der Waals surface area contributed by atoms with E-state index in [0.29, 0.717) is 16.8 Å². The second-order valence-corrected chi connectivity index (χ2v) is 17.1. The summed E-state index contributed by atoms with van der Waals surface area (Å²) in [4.78, 5) is 83.5. The number of aromatic nitrogens is 1. The highest BCUT2D eigenvalue weighted by atomic mass is 32.2. The molecule has 3 rings (SSSR count). The molecule has 17 heteroatoms. The number of pyridine rings is 1. The lowest BCUT2D eigenvalue weighted by molar-refractivity contribution is -0.157. The molecule has 308 valence electrons. The van der Waals surface area contributed by atoms with Crippen LogP contribution in [0.15, 0.2) is 78.2 Å². The van der Waals surface area contributed by atoms with Crippen LogP contribution < -0.4 is 21.3 Å². The minimum Gasteiger partial charge on any atom is -0.460 e. The second kappa shape index (κ2) is 20.4. The Labute approximate surface area is 332 Å². The lowest BCUT2D eigenvalue weighted by Gasteiger charge is -2.25. The van der Waals surface area contributed by atoms with Gasteiger partial charge in [-0.1, -0.05) is 60.7 Å². The number of ether oxygens (including phenoxy) is 3. The van der Waals surface area contributed by atoms with E-state index in [-0.39, 0.29) is 13.0 Å². The molecule has 1 aromatic heterocycles. The Kier molecular flexibility index (Phi) is 16.3. The van der Waals surface area contributed by atoms with E-state index in [1.807, 2.05) is 12.1 Å². The third-order valence-electron chi connectivity index (χ3n) is 7.45. The Morgan fingerprint density at radius 3 is 1.98 bits per heavy atom. The van der Waals surface area contributed by atoms with Gasteiger partial charge in [0.25, 0.3) is 0 Å². The summed E-state index contributed by atoms with van der Waals surface area (Å²) in [5.74, 6) is -4.10. The van der Waals surface area contributed by atoms with E-state index in [1.165, 1.54) is 0 Å². The molecule has 0 unspecified atom stereocenters. The highest BCUT2D eigenvalue weighted by molar-refractivity contribution is 7.93. The summed E-state index contributed by atoms with van der Waals surface area (Å²) in [7, 11) is -3.63. The van der Waals surface area contributed by atoms with Crippen molar-refractivity contribution in [3.05, 3.63) is 89.5 Å². The fourth-order valence-corrected chi connectivity index (χ4v) is 5.57. The lowest BCUT2D eigenvalue weighted by atomic mass is 10.1. The zero-order valence-corrected chi connectivity index (χ0v) is 33.9. The van der Waals surface area contributed by atoms with Crippen molar-refractivity contribution in [2.45, 2.75) is 96.7 Å². The molecule has 0 aliphatic heterocycles. The quantitative estimate of drug-likeness (QED) is 0.114. The molecule has 0 spiro atoms. The zero-order valence-electron chi connectivity index (χ0n) is 33.1. The third kappa shape index (κ3) is 18.1. The number of amides is 4. The van der Waals surface area contributed by atoms with Gasteiger partial charge in [0.1, 0.15) is 29.9 Å². The van der Waals surface area contributed by atoms with E-state index in [1.54, 1.807) is 96.1 Å². The molecule has 0 fully saturated rings. The molecule has 3 aromatic rings. The smallest absolute Gasteiger partial charge is 0.408 e. The largest absolute Gasteiger partial charge is 0.460 e. The molecule has 0 aliphatic carbocycles. The number of hydrogen-bond acceptors (Lipinski definition) is 12. The van der Waals surface area contributed by atoms with Gasteiger partial charge in [-0.15, -0.1) is 0 Å². The molecule has 0 aliphatic rings. The summed E-state index contributed by atoms with van der Waals surface area (Å²) in [6, 6.07) is 15.4. The van der Waals surface area contributed by atoms with Crippen LogP contribution in [0.2, 0.25) is 0 Å². The fourth-order valence-electron chi connectivity index (χ4n) is 5.09. The number of hydrogen-bond donors (Lipinski definition) is 4. The molecule has 4 amide bonds. The van der Waals surface area contributed by atoms with Gasteiger partial charge in [-0.25, -0.2) is 13.2 Å². The van der Waals surface area contributed by atoms with E-state index >= 15 is 0 Å². The second-order valence-electron chi connectivity index (χ2n) is 15.2. The number of nitrogens with one attached hydrogen (secondary N) is 4. The average Bonchev–Trinajstić information content (AvgIpc) is 3.10. The predicted molar refractivity (Wildman–Crippen MR) is 211 cm³/mol. The number of sulfone groups is 1. The number of alkyl carbamates (subject to hydrolysis) is 1. The van der Waals surface area contributed by atoms with Crippen molar-refractivity contribution < 1.29 is 51.4 Å². The van der Waals surface area contributed by atoms with Crippen LogP contribution in [-0.2, 0) is 61.0 Å². The number of para-hydroxylation sites is 1. The van der Waals surface area contributed by atoms with Gasteiger partial charge in [-0.05, 0) is 59.2 Å². The van der Waals surface area contributed by atoms with E-state index < -0.39 is 94.3 Å². The first-order valence-corrected chi connectivity index (χ1v) is 20.0. The Hall–Kier alpha value is -5.84. The van der Waals surface area contributed by atoms with Crippen LogP contribution in [-0.4, -0.2) is 91.3 Å². The van der Waals surface area contributed by atoms with Crippen molar-refractivity contribution >= 4 is 56.5 Å². The van der Waals surface area contributed by atoms with E-state index in [4.69, 9.17) is 14.2 Å². The Morgan fingerprint density at radius 2 is 1.35 bits per heavy atom. The van der Waals surface area contributed by atoms with Gasteiger partial charge in [-0.3, -0.25) is 29.0 Å². The third-order valence-corrected chi connectivity index (χ3v) is 8.10. The van der Waals surface area contributed by atoms with Crippen LogP contribution in [0, 0.1) is 0 Å². The summed E-state index contributed by atoms with van der Waals surface area (Å²) < 4.78 is 39.5. The molecule has 0 saturated carbocycles. The number of carbonyl (C=O) groups excluding carboxylic acids is 6. The highest BCUT2D eigenvalue weighted by Crippen LogP contribution is 2.15. The minimum absolute atomic E-state index is 0.128. The molecule has 0 saturated heterocycles. The van der Waals surface area contributed by atoms with Gasteiger partial charge < -0.3 is 35.5 Å². The predicted octanol–water partition coefficient (Wildman–Crippen LogP) is 3.18. The molecule has 4 N–H and O–H groups in total. The van der Waals surface area contributed by atoms with Crippen LogP contribution in [0.25, 0.3) is 10.9 Å². The topological polar surface area (TPSA) is 225 Å². The number of esters is 2. The molecule has 0 bridgehead atoms. The van der Waals surface area contributed by atoms with Crippen molar-refractivity contribution in [3.8, 4) is 0 Å². The Morgan fingerprint density at radius 1 is 0.737 bits per heavy atom. The van der Waals surface area contributed by atoms with E-state index in [2.05, 4.69) is 26.3 Å². The number of rotatable bonds is 17. The summed E-state index contributed by atoms with van der Waals surface area (Å²) in [5, 5.41) is 11.6. The number of carbonyl (C=O) groups is 6. The first kappa shape index (κ1) is 45.5. The number of fused-ring (bicyclic) bond motifs is 1. The van der Waals surface area contributed by atoms with Crippen LogP contribution in [0.5, 0.6) is 0 Å². The molecule has 0 radical (unpaired) electrons. The average molecular weight is 810 g/mol. The molecule has 1 heterocycles. The Balaban J connectivity index is 1.83. The van der Waals surface area contributed by atoms with Gasteiger partial charge in [0.15, 0.2) is 9.84 Å². The van der Waals surface area contributed by atoms with Crippen LogP contribution in [0.1, 0.15) is 65.6 Å². The molecule has 57 heavy (non-hydrogen) atoms. The highest BCUT2D eigenvalue weighted by Gasteiger charge is 2.31. The maximum Gasteiger partial charge on any atom is 0.408 e. The van der Waals surface area contributed by atoms with Crippen molar-refractivity contribution in [1.82, 2.24) is 26.3 Å². The standard InChI is InChI=1S/C40H51N5O11S/c1-39(2,3)55-34(47)22-29(19-20-57(7,52)53)43-33(46)24-41-36(49)31(21-28-18-17-27-15-11-12-16-30(27)42-28)44-37(50)32(23-35(48)56-40(4,5)6)45-38(51)54-25-26-13-9-8-10-14-26/h8-20,29,31-32H,21-25H2,1-7H3,(H,41,49)(H,43,46)(H,44,50)(H,45,51)/b20-19+/t29-,31+,32+/m1/s1. The van der Waals surface area contributed by atoms with Gasteiger partial charge in [-0.2, -0.15) is 0 Å². The van der Waals surface area contributed by atoms with Crippen molar-refractivity contribution in [1.29, 1.82) is 0 Å². The zero-order chi connectivity index (χ0) is 42.4. The molecule has 16 nitrogen and oxygen atoms in total. The summed E-state index contributed by atoms with van der Waals surface area (Å²) >= 11 is 0. The molecule has 3 atom stereocenters. The van der Waals surface area contributed by atoms with Crippen molar-refractivity contribution in [2.75, 3.05) is 12.8 Å². The maximum atomic E-state index is 13.8. The summed E-state index contributed by atoms with van der Waals surface area (Å²) in [6.07, 6.45) is -0.155. The number of benzene rings is 2. The fraction of sp³-hybridized carbons (Fsp3) is 0.425. The SMILES string of the molecule is CC(C)(C)OC(=O)C[C@@H](/C=C/S(C)(=O)=O)NC(=O)CNC(=O)[C@H](Cc1ccc2ccccc2n1)NC(=O)[C@H](CC(=O)OC(C)(C)C)NC(=O)OCc1ccccc1. The minimum atomic E-state index is -3.63. The number of nitrogens with zero attached hydrogens (tertiary/aromatic N) is 1. The van der Waals surface area contributed by atoms with E-state index in [9.17, 15) is 37.2 Å². The first-order valence-electron chi connectivity index (χ1n) is 18.1. The van der Waals surface area contributed by atoms with Crippen LogP contribution in [0.4, 0.5) is 4.79 Å². The monoisotopic (exact) mass is 809 g/mol. The summed E-state index contributed by atoms with van der Waals surface area (Å²) in [5.41, 5.74) is -0.0800. The van der Waals surface area contributed by atoms with Crippen LogP contribution >= 0.6 is 0 Å². The Bertz CT molecular complexity index is 2040. The summed E-state index contributed by atoms with van der Waals surface area (Å²) in [6.45, 7) is 9.07. The first-order chi connectivity index (χ1) is 26.5. The van der Waals surface area contributed by atoms with Crippen molar-refractivity contribution in [2.24, 2.45) is 0 Å².